The first kappa shape index (κ1) is 31.6. The molecule has 206 valence electrons. The molecule has 0 bridgehead atoms. The lowest BCUT2D eigenvalue weighted by Gasteiger charge is -2.44. The number of halogens is 3. The fourth-order valence-corrected chi connectivity index (χ4v) is 5.24. The summed E-state index contributed by atoms with van der Waals surface area (Å²) < 4.78 is 51.4. The summed E-state index contributed by atoms with van der Waals surface area (Å²) in [6.07, 6.45) is 0.163. The van der Waals surface area contributed by atoms with Gasteiger partial charge in [-0.1, -0.05) is 61.5 Å². The van der Waals surface area contributed by atoms with E-state index in [-0.39, 0.29) is 23.1 Å². The molecule has 0 aromatic heterocycles. The van der Waals surface area contributed by atoms with Gasteiger partial charge in [-0.15, -0.1) is 0 Å². The Hall–Kier alpha value is -2.65. The van der Waals surface area contributed by atoms with Gasteiger partial charge in [0.15, 0.2) is 0 Å². The average molecular weight is 529 g/mol. The molecular weight excluding hydrogens is 490 g/mol. The smallest absolute Gasteiger partial charge is 0.343 e. The van der Waals surface area contributed by atoms with Crippen LogP contribution in [0.4, 0.5) is 13.2 Å². The highest BCUT2D eigenvalue weighted by Crippen LogP contribution is 2.49. The Balaban J connectivity index is 0.000000484. The summed E-state index contributed by atoms with van der Waals surface area (Å²) in [5.41, 5.74) is -2.33. The lowest BCUT2D eigenvalue weighted by molar-refractivity contribution is -0.921. The highest BCUT2D eigenvalue weighted by atomic mass is 19.1. The van der Waals surface area contributed by atoms with Gasteiger partial charge in [-0.3, -0.25) is 0 Å². The second-order valence-corrected chi connectivity index (χ2v) is 9.21. The summed E-state index contributed by atoms with van der Waals surface area (Å²) in [5.74, 6) is -3.17. The number of hydrogen-bond donors (Lipinski definition) is 1. The lowest BCUT2D eigenvalue weighted by atomic mass is 9.70. The maximum atomic E-state index is 15.0. The minimum absolute atomic E-state index is 0.113. The van der Waals surface area contributed by atoms with E-state index < -0.39 is 36.3 Å². The van der Waals surface area contributed by atoms with Crippen molar-refractivity contribution in [3.63, 3.8) is 0 Å². The number of hydrogen-bond acceptors (Lipinski definition) is 3. The minimum Gasteiger partial charge on any atom is -0.832 e. The standard InChI is InChI=1S/C22H19BF3O3.C8H20N/c1-2-16(15-9-3-6-12-19(15)24)22(29-23(27)28,17-10-4-7-13-20(17)25)18-11-5-8-14-21(18)26;1-5-9(6-2,7-3)8-4/h3-14,16,27H,2H2,1H3;5-8H2,1-4H3/q-1;+1. The van der Waals surface area contributed by atoms with E-state index in [0.29, 0.717) is 0 Å². The fraction of sp³-hybridized carbons (Fsp3) is 0.400. The van der Waals surface area contributed by atoms with Crippen molar-refractivity contribution in [1.29, 1.82) is 0 Å². The summed E-state index contributed by atoms with van der Waals surface area (Å²) in [7, 11) is -2.62. The van der Waals surface area contributed by atoms with Crippen LogP contribution in [-0.4, -0.2) is 43.0 Å². The van der Waals surface area contributed by atoms with Crippen molar-refractivity contribution in [2.45, 2.75) is 52.6 Å². The van der Waals surface area contributed by atoms with Crippen LogP contribution in [0.2, 0.25) is 0 Å². The molecule has 3 aromatic rings. The Kier molecular flexibility index (Phi) is 12.0. The molecular formula is C30H39BF3NO3. The molecule has 3 aromatic carbocycles. The van der Waals surface area contributed by atoms with Crippen LogP contribution in [-0.2, 0) is 10.3 Å². The zero-order valence-electron chi connectivity index (χ0n) is 23.0. The maximum Gasteiger partial charge on any atom is 0.343 e. The van der Waals surface area contributed by atoms with E-state index >= 15 is 0 Å². The van der Waals surface area contributed by atoms with Gasteiger partial charge < -0.3 is 19.2 Å². The molecule has 4 nitrogen and oxygen atoms in total. The molecule has 0 spiro atoms. The van der Waals surface area contributed by atoms with Crippen LogP contribution in [0.5, 0.6) is 0 Å². The molecule has 0 radical (unpaired) electrons. The van der Waals surface area contributed by atoms with E-state index in [2.05, 4.69) is 27.7 Å². The Morgan fingerprint density at radius 1 is 0.737 bits per heavy atom. The quantitative estimate of drug-likeness (QED) is 0.253. The van der Waals surface area contributed by atoms with E-state index in [9.17, 15) is 23.2 Å². The third kappa shape index (κ3) is 6.86. The SMILES string of the molecule is CCC(c1ccccc1F)C(OB([O-])O)(c1ccccc1F)c1ccccc1F.CC[N+](CC)(CC)CC. The van der Waals surface area contributed by atoms with Gasteiger partial charge in [0.2, 0.25) is 0 Å². The Bertz CT molecular complexity index is 1080. The molecule has 0 amide bonds. The van der Waals surface area contributed by atoms with Gasteiger partial charge in [0.25, 0.3) is 0 Å². The van der Waals surface area contributed by atoms with Gasteiger partial charge in [0, 0.05) is 17.0 Å². The van der Waals surface area contributed by atoms with E-state index in [1.54, 1.807) is 13.0 Å². The van der Waals surface area contributed by atoms with Crippen molar-refractivity contribution in [1.82, 2.24) is 0 Å². The average Bonchev–Trinajstić information content (AvgIpc) is 2.92. The predicted octanol–water partition coefficient (Wildman–Crippen LogP) is 5.78. The van der Waals surface area contributed by atoms with Crippen LogP contribution in [0.1, 0.15) is 63.6 Å². The van der Waals surface area contributed by atoms with Crippen molar-refractivity contribution in [2.75, 3.05) is 26.2 Å². The van der Waals surface area contributed by atoms with Crippen molar-refractivity contribution >= 4 is 7.32 Å². The molecule has 0 aliphatic heterocycles. The van der Waals surface area contributed by atoms with Gasteiger partial charge >= 0.3 is 7.32 Å². The summed E-state index contributed by atoms with van der Waals surface area (Å²) >= 11 is 0. The van der Waals surface area contributed by atoms with Crippen LogP contribution >= 0.6 is 0 Å². The molecule has 1 N–H and O–H groups in total. The molecule has 0 saturated carbocycles. The second kappa shape index (κ2) is 14.5. The zero-order valence-corrected chi connectivity index (χ0v) is 23.0. The van der Waals surface area contributed by atoms with Crippen molar-refractivity contribution in [2.24, 2.45) is 0 Å². The Labute approximate surface area is 225 Å². The molecule has 0 aliphatic carbocycles. The van der Waals surface area contributed by atoms with Gasteiger partial charge in [0.1, 0.15) is 23.1 Å². The largest absolute Gasteiger partial charge is 0.832 e. The van der Waals surface area contributed by atoms with Crippen LogP contribution in [0, 0.1) is 17.5 Å². The van der Waals surface area contributed by atoms with E-state index in [0.717, 1.165) is 12.1 Å². The third-order valence-corrected chi connectivity index (χ3v) is 7.70. The van der Waals surface area contributed by atoms with Gasteiger partial charge in [-0.25, -0.2) is 13.2 Å². The van der Waals surface area contributed by atoms with Gasteiger partial charge in [-0.05, 0) is 57.9 Å². The molecule has 1 atom stereocenters. The first-order valence-corrected chi connectivity index (χ1v) is 13.3. The summed E-state index contributed by atoms with van der Waals surface area (Å²) in [6, 6.07) is 16.6. The fourth-order valence-electron chi connectivity index (χ4n) is 5.24. The molecule has 1 unspecified atom stereocenters. The summed E-state index contributed by atoms with van der Waals surface area (Å²) in [4.78, 5) is 0. The normalized spacial score (nSPS) is 12.5. The predicted molar refractivity (Wildman–Crippen MR) is 144 cm³/mol. The number of rotatable bonds is 11. The first-order chi connectivity index (χ1) is 18.2. The molecule has 0 fully saturated rings. The highest BCUT2D eigenvalue weighted by Gasteiger charge is 2.47. The van der Waals surface area contributed by atoms with E-state index in [1.165, 1.54) is 85.3 Å². The van der Waals surface area contributed by atoms with E-state index in [4.69, 9.17) is 4.65 Å². The molecule has 3 rings (SSSR count). The molecule has 38 heavy (non-hydrogen) atoms. The van der Waals surface area contributed by atoms with Gasteiger partial charge in [0.05, 0.1) is 26.2 Å². The number of benzene rings is 3. The highest BCUT2D eigenvalue weighted by molar-refractivity contribution is 6.30. The van der Waals surface area contributed by atoms with Crippen molar-refractivity contribution in [3.8, 4) is 0 Å². The van der Waals surface area contributed by atoms with Crippen LogP contribution < -0.4 is 5.02 Å². The topological polar surface area (TPSA) is 52.5 Å². The number of nitrogens with zero attached hydrogens (tertiary/aromatic N) is 1. The van der Waals surface area contributed by atoms with Crippen molar-refractivity contribution < 1.29 is 32.4 Å². The van der Waals surface area contributed by atoms with Crippen LogP contribution in [0.3, 0.4) is 0 Å². The van der Waals surface area contributed by atoms with Crippen molar-refractivity contribution in [3.05, 3.63) is 107 Å². The monoisotopic (exact) mass is 529 g/mol. The second-order valence-electron chi connectivity index (χ2n) is 9.21. The molecule has 0 saturated heterocycles. The van der Waals surface area contributed by atoms with Crippen LogP contribution in [0.15, 0.2) is 72.8 Å². The lowest BCUT2D eigenvalue weighted by Crippen LogP contribution is -2.49. The first-order valence-electron chi connectivity index (χ1n) is 13.3. The summed E-state index contributed by atoms with van der Waals surface area (Å²) in [6.45, 7) is 15.9. The van der Waals surface area contributed by atoms with Gasteiger partial charge in [-0.2, -0.15) is 0 Å². The maximum absolute atomic E-state index is 15.0. The third-order valence-electron chi connectivity index (χ3n) is 7.70. The molecule has 0 aliphatic rings. The molecule has 8 heteroatoms. The Morgan fingerprint density at radius 2 is 1.13 bits per heavy atom. The Morgan fingerprint density at radius 3 is 1.45 bits per heavy atom. The van der Waals surface area contributed by atoms with E-state index in [1.807, 2.05) is 0 Å². The van der Waals surface area contributed by atoms with Crippen LogP contribution in [0.25, 0.3) is 0 Å². The zero-order chi connectivity index (χ0) is 28.3. The summed E-state index contributed by atoms with van der Waals surface area (Å²) in [5, 5.41) is 21.5. The number of quaternary nitrogens is 1. The molecule has 0 heterocycles. The minimum atomic E-state index is -2.62.